The average Bonchev–Trinajstić information content (AvgIpc) is 3.16. The first kappa shape index (κ1) is 13.8. The lowest BCUT2D eigenvalue weighted by molar-refractivity contribution is 0.267. The molecule has 3 aromatic rings. The van der Waals surface area contributed by atoms with Crippen molar-refractivity contribution in [3.8, 4) is 11.6 Å². The van der Waals surface area contributed by atoms with Crippen molar-refractivity contribution >= 4 is 11.0 Å². The molecule has 0 spiro atoms. The largest absolute Gasteiger partial charge is 0.453 e. The van der Waals surface area contributed by atoms with E-state index in [9.17, 15) is 0 Å². The van der Waals surface area contributed by atoms with Crippen LogP contribution >= 0.6 is 0 Å². The molecular weight excluding hydrogens is 266 g/mol. The van der Waals surface area contributed by atoms with E-state index in [4.69, 9.17) is 14.7 Å². The van der Waals surface area contributed by atoms with Gasteiger partial charge in [-0.2, -0.15) is 4.98 Å². The van der Waals surface area contributed by atoms with Crippen molar-refractivity contribution in [1.82, 2.24) is 10.1 Å². The first-order valence-corrected chi connectivity index (χ1v) is 7.25. The number of aromatic nitrogens is 2. The van der Waals surface area contributed by atoms with E-state index in [1.807, 2.05) is 30.3 Å². The van der Waals surface area contributed by atoms with Crippen molar-refractivity contribution < 1.29 is 8.94 Å². The lowest BCUT2D eigenvalue weighted by Gasteiger charge is -2.24. The van der Waals surface area contributed by atoms with Crippen molar-refractivity contribution in [3.63, 3.8) is 0 Å². The van der Waals surface area contributed by atoms with Crippen molar-refractivity contribution in [1.29, 1.82) is 0 Å². The van der Waals surface area contributed by atoms with Crippen LogP contribution in [0.4, 0.5) is 0 Å². The third kappa shape index (κ3) is 2.23. The Balaban J connectivity index is 2.01. The Morgan fingerprint density at radius 2 is 1.95 bits per heavy atom. The average molecular weight is 285 g/mol. The Morgan fingerprint density at radius 3 is 2.62 bits per heavy atom. The molecule has 1 aromatic carbocycles. The molecule has 0 aliphatic heterocycles. The van der Waals surface area contributed by atoms with Crippen LogP contribution in [0, 0.1) is 0 Å². The van der Waals surface area contributed by atoms with Crippen LogP contribution < -0.4 is 5.73 Å². The molecule has 0 amide bonds. The van der Waals surface area contributed by atoms with Gasteiger partial charge in [-0.05, 0) is 25.0 Å². The number of benzene rings is 1. The van der Waals surface area contributed by atoms with E-state index < -0.39 is 0 Å². The first-order valence-electron chi connectivity index (χ1n) is 7.25. The molecule has 2 heterocycles. The van der Waals surface area contributed by atoms with Gasteiger partial charge in [0.25, 0.3) is 0 Å². The number of hydrogen-bond donors (Lipinski definition) is 1. The highest BCUT2D eigenvalue weighted by molar-refractivity contribution is 5.81. The zero-order chi connectivity index (χ0) is 14.9. The van der Waals surface area contributed by atoms with E-state index in [0.717, 1.165) is 23.8 Å². The standard InChI is InChI=1S/C16H19N3O2/c1-3-16(4-2,10-17)15-18-14(19-21-15)13-9-11-7-5-6-8-12(11)20-13/h5-9H,3-4,10,17H2,1-2H3. The minimum Gasteiger partial charge on any atom is -0.453 e. The molecule has 0 radical (unpaired) electrons. The Morgan fingerprint density at radius 1 is 1.19 bits per heavy atom. The van der Waals surface area contributed by atoms with Crippen LogP contribution in [-0.2, 0) is 5.41 Å². The lowest BCUT2D eigenvalue weighted by atomic mass is 9.82. The maximum Gasteiger partial charge on any atom is 0.238 e. The van der Waals surface area contributed by atoms with Crippen LogP contribution in [0.1, 0.15) is 32.6 Å². The highest BCUT2D eigenvalue weighted by atomic mass is 16.5. The van der Waals surface area contributed by atoms with Crippen LogP contribution in [0.5, 0.6) is 0 Å². The number of fused-ring (bicyclic) bond motifs is 1. The first-order chi connectivity index (χ1) is 10.2. The zero-order valence-electron chi connectivity index (χ0n) is 12.3. The fourth-order valence-corrected chi connectivity index (χ4v) is 2.56. The van der Waals surface area contributed by atoms with Gasteiger partial charge in [-0.25, -0.2) is 0 Å². The van der Waals surface area contributed by atoms with Gasteiger partial charge >= 0.3 is 0 Å². The molecule has 5 heteroatoms. The van der Waals surface area contributed by atoms with Crippen LogP contribution in [0.25, 0.3) is 22.6 Å². The van der Waals surface area contributed by atoms with Crippen LogP contribution in [-0.4, -0.2) is 16.7 Å². The fraction of sp³-hybridized carbons (Fsp3) is 0.375. The molecule has 0 saturated heterocycles. The smallest absolute Gasteiger partial charge is 0.238 e. The Kier molecular flexibility index (Phi) is 3.51. The molecule has 0 bridgehead atoms. The summed E-state index contributed by atoms with van der Waals surface area (Å²) in [7, 11) is 0. The molecule has 21 heavy (non-hydrogen) atoms. The number of rotatable bonds is 5. The topological polar surface area (TPSA) is 78.1 Å². The van der Waals surface area contributed by atoms with Gasteiger partial charge in [0.2, 0.25) is 11.7 Å². The second kappa shape index (κ2) is 5.33. The van der Waals surface area contributed by atoms with Crippen molar-refractivity contribution in [3.05, 3.63) is 36.2 Å². The maximum atomic E-state index is 5.92. The fourth-order valence-electron chi connectivity index (χ4n) is 2.56. The molecule has 0 aliphatic rings. The van der Waals surface area contributed by atoms with Crippen molar-refractivity contribution in [2.45, 2.75) is 32.1 Å². The SMILES string of the molecule is CCC(CC)(CN)c1nc(-c2cc3ccccc3o2)no1. The molecule has 0 saturated carbocycles. The molecule has 5 nitrogen and oxygen atoms in total. The predicted molar refractivity (Wildman–Crippen MR) is 80.8 cm³/mol. The summed E-state index contributed by atoms with van der Waals surface area (Å²) in [4.78, 5) is 4.51. The summed E-state index contributed by atoms with van der Waals surface area (Å²) in [6.45, 7) is 4.66. The van der Waals surface area contributed by atoms with E-state index in [0.29, 0.717) is 24.0 Å². The van der Waals surface area contributed by atoms with E-state index in [1.54, 1.807) is 0 Å². The van der Waals surface area contributed by atoms with Crippen LogP contribution in [0.2, 0.25) is 0 Å². The summed E-state index contributed by atoms with van der Waals surface area (Å²) in [5.74, 6) is 1.68. The third-order valence-electron chi connectivity index (χ3n) is 4.27. The molecular formula is C16H19N3O2. The van der Waals surface area contributed by atoms with Gasteiger partial charge in [-0.3, -0.25) is 0 Å². The molecule has 0 atom stereocenters. The summed E-state index contributed by atoms with van der Waals surface area (Å²) in [5.41, 5.74) is 6.48. The van der Waals surface area contributed by atoms with Crippen LogP contribution in [0.3, 0.4) is 0 Å². The minimum atomic E-state index is -0.253. The predicted octanol–water partition coefficient (Wildman–Crippen LogP) is 3.50. The van der Waals surface area contributed by atoms with E-state index in [-0.39, 0.29) is 5.41 Å². The summed E-state index contributed by atoms with van der Waals surface area (Å²) in [6, 6.07) is 9.74. The second-order valence-electron chi connectivity index (χ2n) is 5.26. The molecule has 2 aromatic heterocycles. The highest BCUT2D eigenvalue weighted by Crippen LogP contribution is 2.32. The molecule has 3 rings (SSSR count). The van der Waals surface area contributed by atoms with E-state index in [2.05, 4.69) is 24.0 Å². The minimum absolute atomic E-state index is 0.253. The summed E-state index contributed by atoms with van der Waals surface area (Å²) in [6.07, 6.45) is 1.73. The summed E-state index contributed by atoms with van der Waals surface area (Å²) < 4.78 is 11.2. The van der Waals surface area contributed by atoms with Gasteiger partial charge in [0, 0.05) is 11.9 Å². The van der Waals surface area contributed by atoms with Crippen LogP contribution in [0.15, 0.2) is 39.3 Å². The Bertz CT molecular complexity index is 699. The van der Waals surface area contributed by atoms with E-state index >= 15 is 0 Å². The normalized spacial score (nSPS) is 12.1. The summed E-state index contributed by atoms with van der Waals surface area (Å²) >= 11 is 0. The number of para-hydroxylation sites is 1. The number of hydrogen-bond acceptors (Lipinski definition) is 5. The maximum absolute atomic E-state index is 5.92. The van der Waals surface area contributed by atoms with Gasteiger partial charge < -0.3 is 14.7 Å². The molecule has 110 valence electrons. The van der Waals surface area contributed by atoms with Gasteiger partial charge in [0.05, 0.1) is 5.41 Å². The number of nitrogens with zero attached hydrogens (tertiary/aromatic N) is 2. The zero-order valence-corrected chi connectivity index (χ0v) is 12.3. The molecule has 0 fully saturated rings. The van der Waals surface area contributed by atoms with Gasteiger partial charge in [-0.1, -0.05) is 37.2 Å². The van der Waals surface area contributed by atoms with Crippen molar-refractivity contribution in [2.24, 2.45) is 5.73 Å². The third-order valence-corrected chi connectivity index (χ3v) is 4.27. The Labute approximate surface area is 123 Å². The molecule has 2 N–H and O–H groups in total. The monoisotopic (exact) mass is 285 g/mol. The van der Waals surface area contributed by atoms with E-state index in [1.165, 1.54) is 0 Å². The summed E-state index contributed by atoms with van der Waals surface area (Å²) in [5, 5.41) is 5.08. The second-order valence-corrected chi connectivity index (χ2v) is 5.26. The van der Waals surface area contributed by atoms with Crippen molar-refractivity contribution in [2.75, 3.05) is 6.54 Å². The number of nitrogens with two attached hydrogens (primary N) is 1. The quantitative estimate of drug-likeness (QED) is 0.776. The van der Waals surface area contributed by atoms with Gasteiger partial charge in [-0.15, -0.1) is 0 Å². The van der Waals surface area contributed by atoms with Gasteiger partial charge in [0.15, 0.2) is 5.76 Å². The lowest BCUT2D eigenvalue weighted by Crippen LogP contribution is -2.34. The highest BCUT2D eigenvalue weighted by Gasteiger charge is 2.33. The molecule has 0 aliphatic carbocycles. The number of furan rings is 1. The van der Waals surface area contributed by atoms with Gasteiger partial charge in [0.1, 0.15) is 5.58 Å². The Hall–Kier alpha value is -2.14. The molecule has 0 unspecified atom stereocenters.